The van der Waals surface area contributed by atoms with E-state index in [-0.39, 0.29) is 16.2 Å². The van der Waals surface area contributed by atoms with Crippen molar-refractivity contribution in [3.63, 3.8) is 0 Å². The summed E-state index contributed by atoms with van der Waals surface area (Å²) in [6.45, 7) is 20.1. The molecule has 3 rings (SSSR count). The lowest BCUT2D eigenvalue weighted by Crippen LogP contribution is -2.21. The molecule has 1 unspecified atom stereocenters. The van der Waals surface area contributed by atoms with Crippen LogP contribution in [0, 0.1) is 0 Å². The van der Waals surface area contributed by atoms with E-state index in [0.717, 1.165) is 35.1 Å². The Bertz CT molecular complexity index is 1040. The van der Waals surface area contributed by atoms with Gasteiger partial charge in [-0.15, -0.1) is 0 Å². The van der Waals surface area contributed by atoms with Crippen LogP contribution in [0.5, 0.6) is 0 Å². The van der Waals surface area contributed by atoms with E-state index in [1.165, 1.54) is 11.1 Å². The second-order valence-electron chi connectivity index (χ2n) is 11.6. The summed E-state index contributed by atoms with van der Waals surface area (Å²) in [4.78, 5) is 18.6. The first-order chi connectivity index (χ1) is 14.3. The van der Waals surface area contributed by atoms with Crippen LogP contribution in [0.1, 0.15) is 104 Å². The molecule has 3 aromatic heterocycles. The average molecular weight is 419 g/mol. The monoisotopic (exact) mass is 418 g/mol. The number of aromatic nitrogens is 4. The molecule has 3 heterocycles. The van der Waals surface area contributed by atoms with Gasteiger partial charge in [0.25, 0.3) is 0 Å². The first kappa shape index (κ1) is 23.3. The molecule has 31 heavy (non-hydrogen) atoms. The first-order valence-electron chi connectivity index (χ1n) is 11.4. The number of hydrogen-bond acceptors (Lipinski definition) is 4. The largest absolute Gasteiger partial charge is 0.260 e. The Hall–Kier alpha value is -2.36. The minimum atomic E-state index is -0.00570. The van der Waals surface area contributed by atoms with Crippen molar-refractivity contribution in [1.29, 1.82) is 0 Å². The van der Waals surface area contributed by atoms with Gasteiger partial charge in [-0.2, -0.15) is 0 Å². The molecule has 0 bridgehead atoms. The number of fused-ring (bicyclic) bond motifs is 1. The van der Waals surface area contributed by atoms with Crippen LogP contribution in [0.2, 0.25) is 0 Å². The summed E-state index contributed by atoms with van der Waals surface area (Å²) in [6, 6.07) is 4.43. The quantitative estimate of drug-likeness (QED) is 0.453. The lowest BCUT2D eigenvalue weighted by atomic mass is 9.79. The fraction of sp³-hybridized carbons (Fsp3) is 0.556. The van der Waals surface area contributed by atoms with Crippen molar-refractivity contribution in [2.45, 2.75) is 97.3 Å². The van der Waals surface area contributed by atoms with Crippen molar-refractivity contribution < 1.29 is 0 Å². The second kappa shape index (κ2) is 8.29. The van der Waals surface area contributed by atoms with Crippen molar-refractivity contribution in [2.24, 2.45) is 0 Å². The third-order valence-electron chi connectivity index (χ3n) is 6.38. The Morgan fingerprint density at radius 2 is 1.52 bits per heavy atom. The van der Waals surface area contributed by atoms with E-state index in [9.17, 15) is 0 Å². The number of pyridine rings is 2. The zero-order valence-electron chi connectivity index (χ0n) is 20.7. The van der Waals surface area contributed by atoms with Gasteiger partial charge in [0.1, 0.15) is 6.33 Å². The third-order valence-corrected chi connectivity index (χ3v) is 6.38. The van der Waals surface area contributed by atoms with Crippen LogP contribution in [0.25, 0.3) is 10.9 Å². The minimum absolute atomic E-state index is 0.00231. The van der Waals surface area contributed by atoms with Gasteiger partial charge in [-0.05, 0) is 41.2 Å². The molecule has 1 atom stereocenters. The van der Waals surface area contributed by atoms with Crippen LogP contribution in [-0.2, 0) is 16.2 Å². The lowest BCUT2D eigenvalue weighted by molar-refractivity contribution is 0.426. The Kier molecular flexibility index (Phi) is 6.23. The summed E-state index contributed by atoms with van der Waals surface area (Å²) in [5.41, 5.74) is 5.83. The SMILES string of the molecule is CC(CCC(C)(C)c1ccc(C(C)(C)C)cn1)c1ncc(C(C)(C)C)c2ncncc12. The zero-order valence-corrected chi connectivity index (χ0v) is 20.7. The van der Waals surface area contributed by atoms with Gasteiger partial charge in [0.15, 0.2) is 0 Å². The first-order valence-corrected chi connectivity index (χ1v) is 11.4. The third kappa shape index (κ3) is 5.11. The van der Waals surface area contributed by atoms with Crippen molar-refractivity contribution in [3.05, 3.63) is 59.6 Å². The van der Waals surface area contributed by atoms with Crippen LogP contribution in [0.3, 0.4) is 0 Å². The summed E-state index contributed by atoms with van der Waals surface area (Å²) in [5, 5.41) is 1.08. The van der Waals surface area contributed by atoms with Gasteiger partial charge in [0.05, 0.1) is 11.2 Å². The highest BCUT2D eigenvalue weighted by Crippen LogP contribution is 2.36. The average Bonchev–Trinajstić information content (AvgIpc) is 2.70. The van der Waals surface area contributed by atoms with Gasteiger partial charge in [0.2, 0.25) is 0 Å². The van der Waals surface area contributed by atoms with Crippen molar-refractivity contribution in [3.8, 4) is 0 Å². The molecule has 0 aliphatic heterocycles. The maximum absolute atomic E-state index is 4.89. The van der Waals surface area contributed by atoms with Gasteiger partial charge in [-0.1, -0.05) is 68.4 Å². The molecule has 0 aliphatic carbocycles. The Morgan fingerprint density at radius 1 is 0.806 bits per heavy atom. The Balaban J connectivity index is 1.82. The van der Waals surface area contributed by atoms with E-state index >= 15 is 0 Å². The highest BCUT2D eigenvalue weighted by molar-refractivity contribution is 5.84. The maximum atomic E-state index is 4.89. The molecule has 3 aromatic rings. The fourth-order valence-corrected chi connectivity index (χ4v) is 4.02. The van der Waals surface area contributed by atoms with Crippen LogP contribution in [-0.4, -0.2) is 19.9 Å². The van der Waals surface area contributed by atoms with E-state index in [4.69, 9.17) is 9.97 Å². The maximum Gasteiger partial charge on any atom is 0.116 e. The summed E-state index contributed by atoms with van der Waals surface area (Å²) < 4.78 is 0. The topological polar surface area (TPSA) is 51.6 Å². The van der Waals surface area contributed by atoms with E-state index in [1.54, 1.807) is 6.33 Å². The molecule has 0 N–H and O–H groups in total. The molecule has 0 saturated heterocycles. The smallest absolute Gasteiger partial charge is 0.116 e. The summed E-state index contributed by atoms with van der Waals surface area (Å²) >= 11 is 0. The highest BCUT2D eigenvalue weighted by atomic mass is 14.8. The van der Waals surface area contributed by atoms with Crippen LogP contribution >= 0.6 is 0 Å². The summed E-state index contributed by atoms with van der Waals surface area (Å²) in [5.74, 6) is 0.315. The molecule has 0 aliphatic rings. The molecule has 4 heteroatoms. The highest BCUT2D eigenvalue weighted by Gasteiger charge is 2.26. The van der Waals surface area contributed by atoms with Gasteiger partial charge in [-0.25, -0.2) is 9.97 Å². The normalized spacial score (nSPS) is 14.1. The number of nitrogens with zero attached hydrogens (tertiary/aromatic N) is 4. The standard InChI is InChI=1S/C27H38N4/c1-18(12-13-27(8,9)22-11-10-19(14-29-22)25(2,3)4)23-20-15-28-17-31-24(20)21(16-30-23)26(5,6)7/h10-11,14-18H,12-13H2,1-9H3. The van der Waals surface area contributed by atoms with Gasteiger partial charge < -0.3 is 0 Å². The molecule has 0 radical (unpaired) electrons. The zero-order chi connectivity index (χ0) is 23.0. The Morgan fingerprint density at radius 3 is 2.10 bits per heavy atom. The summed E-state index contributed by atoms with van der Waals surface area (Å²) in [7, 11) is 0. The molecule has 166 valence electrons. The van der Waals surface area contributed by atoms with E-state index in [1.807, 2.05) is 18.6 Å². The molecular formula is C27H38N4. The predicted octanol–water partition coefficient (Wildman–Crippen LogP) is 6.88. The molecular weight excluding hydrogens is 380 g/mol. The molecule has 0 saturated carbocycles. The fourth-order valence-electron chi connectivity index (χ4n) is 4.02. The van der Waals surface area contributed by atoms with Gasteiger partial charge >= 0.3 is 0 Å². The molecule has 0 amide bonds. The van der Waals surface area contributed by atoms with Crippen LogP contribution in [0.4, 0.5) is 0 Å². The van der Waals surface area contributed by atoms with E-state index in [0.29, 0.717) is 5.92 Å². The van der Waals surface area contributed by atoms with Crippen molar-refractivity contribution >= 4 is 10.9 Å². The number of rotatable bonds is 5. The van der Waals surface area contributed by atoms with Crippen molar-refractivity contribution in [1.82, 2.24) is 19.9 Å². The Labute approximate surface area is 188 Å². The van der Waals surface area contributed by atoms with Gasteiger partial charge in [0, 0.05) is 40.6 Å². The minimum Gasteiger partial charge on any atom is -0.260 e. The number of hydrogen-bond donors (Lipinski definition) is 0. The van der Waals surface area contributed by atoms with E-state index < -0.39 is 0 Å². The summed E-state index contributed by atoms with van der Waals surface area (Å²) in [6.07, 6.45) is 9.68. The van der Waals surface area contributed by atoms with E-state index in [2.05, 4.69) is 84.4 Å². The molecule has 0 fully saturated rings. The van der Waals surface area contributed by atoms with Gasteiger partial charge in [-0.3, -0.25) is 9.97 Å². The van der Waals surface area contributed by atoms with Crippen LogP contribution < -0.4 is 0 Å². The molecule has 4 nitrogen and oxygen atoms in total. The second-order valence-corrected chi connectivity index (χ2v) is 11.6. The van der Waals surface area contributed by atoms with Crippen LogP contribution in [0.15, 0.2) is 37.1 Å². The van der Waals surface area contributed by atoms with Crippen molar-refractivity contribution in [2.75, 3.05) is 0 Å². The molecule has 0 spiro atoms. The predicted molar refractivity (Wildman–Crippen MR) is 130 cm³/mol. The lowest BCUT2D eigenvalue weighted by Gasteiger charge is -2.27. The molecule has 0 aromatic carbocycles.